The van der Waals surface area contributed by atoms with Crippen molar-refractivity contribution < 1.29 is 4.57 Å². The Kier molecular flexibility index (Phi) is 2.27. The highest BCUT2D eigenvalue weighted by molar-refractivity contribution is 5.64. The first-order valence-electron chi connectivity index (χ1n) is 6.63. The van der Waals surface area contributed by atoms with Crippen LogP contribution in [0.25, 0.3) is 11.1 Å². The molecule has 2 nitrogen and oxygen atoms in total. The molecular weight excluding hydrogens is 232 g/mol. The molecular formula is C17H15N2+. The first kappa shape index (κ1) is 10.6. The molecule has 0 bridgehead atoms. The number of fused-ring (bicyclic) bond motifs is 2. The van der Waals surface area contributed by atoms with Crippen molar-refractivity contribution in [1.29, 1.82) is 0 Å². The summed E-state index contributed by atoms with van der Waals surface area (Å²) in [5.74, 6) is 0. The summed E-state index contributed by atoms with van der Waals surface area (Å²) in [6, 6.07) is 15.2. The molecule has 0 saturated carbocycles. The normalized spacial score (nSPS) is 12.8. The molecule has 0 radical (unpaired) electrons. The van der Waals surface area contributed by atoms with Gasteiger partial charge >= 0.3 is 0 Å². The lowest BCUT2D eigenvalue weighted by Crippen LogP contribution is -2.42. The number of benzene rings is 1. The van der Waals surface area contributed by atoms with Gasteiger partial charge in [0.2, 0.25) is 0 Å². The van der Waals surface area contributed by atoms with Crippen LogP contribution in [0.4, 0.5) is 0 Å². The molecule has 0 amide bonds. The number of aromatic amines is 1. The second-order valence-electron chi connectivity index (χ2n) is 5.04. The maximum atomic E-state index is 3.14. The number of rotatable bonds is 1. The van der Waals surface area contributed by atoms with Gasteiger partial charge < -0.3 is 4.98 Å². The standard InChI is InChI=1S/C17H15N2/c1-2-5-15-12-19-9-3-6-16(14-7-8-18-11-14)17(19)10-13(15)4-1/h1-9,11,18H,10,12H2/q+1. The number of aromatic nitrogens is 2. The van der Waals surface area contributed by atoms with Gasteiger partial charge in [-0.2, -0.15) is 4.57 Å². The Bertz CT molecular complexity index is 727. The summed E-state index contributed by atoms with van der Waals surface area (Å²) in [4.78, 5) is 3.14. The first-order valence-corrected chi connectivity index (χ1v) is 6.63. The topological polar surface area (TPSA) is 19.7 Å². The zero-order valence-corrected chi connectivity index (χ0v) is 10.6. The van der Waals surface area contributed by atoms with Crippen LogP contribution in [0, 0.1) is 0 Å². The lowest BCUT2D eigenvalue weighted by atomic mass is 9.94. The summed E-state index contributed by atoms with van der Waals surface area (Å²) < 4.78 is 2.37. The highest BCUT2D eigenvalue weighted by Gasteiger charge is 2.24. The number of pyridine rings is 1. The Labute approximate surface area is 112 Å². The van der Waals surface area contributed by atoms with Crippen LogP contribution in [0.3, 0.4) is 0 Å². The largest absolute Gasteiger partial charge is 0.367 e. The van der Waals surface area contributed by atoms with Crippen molar-refractivity contribution >= 4 is 0 Å². The summed E-state index contributed by atoms with van der Waals surface area (Å²) in [7, 11) is 0. The van der Waals surface area contributed by atoms with Gasteiger partial charge in [0.25, 0.3) is 0 Å². The molecule has 0 spiro atoms. The molecule has 1 aliphatic heterocycles. The quantitative estimate of drug-likeness (QED) is 0.499. The van der Waals surface area contributed by atoms with Crippen LogP contribution in [0.1, 0.15) is 16.8 Å². The minimum atomic E-state index is 0.976. The van der Waals surface area contributed by atoms with E-state index in [2.05, 4.69) is 64.4 Å². The van der Waals surface area contributed by atoms with Crippen molar-refractivity contribution in [2.75, 3.05) is 0 Å². The molecule has 0 fully saturated rings. The van der Waals surface area contributed by atoms with Crippen LogP contribution in [-0.2, 0) is 13.0 Å². The molecule has 1 aromatic carbocycles. The van der Waals surface area contributed by atoms with E-state index in [-0.39, 0.29) is 0 Å². The Balaban J connectivity index is 1.88. The average molecular weight is 247 g/mol. The fourth-order valence-electron chi connectivity index (χ4n) is 2.93. The predicted octanol–water partition coefficient (Wildman–Crippen LogP) is 2.92. The summed E-state index contributed by atoms with van der Waals surface area (Å²) >= 11 is 0. The van der Waals surface area contributed by atoms with Gasteiger partial charge in [0, 0.05) is 29.6 Å². The summed E-state index contributed by atoms with van der Waals surface area (Å²) in [6.45, 7) is 0.976. The number of H-pyrrole nitrogens is 1. The van der Waals surface area contributed by atoms with Crippen LogP contribution in [-0.4, -0.2) is 4.98 Å². The Morgan fingerprint density at radius 3 is 2.68 bits per heavy atom. The minimum Gasteiger partial charge on any atom is -0.367 e. The highest BCUT2D eigenvalue weighted by Crippen LogP contribution is 2.26. The SMILES string of the molecule is c1ccc2c(c1)Cc1c(-c3cc[nH]c3)ccc[n+]1C2. The molecule has 2 aromatic heterocycles. The number of hydrogen-bond donors (Lipinski definition) is 1. The maximum Gasteiger partial charge on any atom is 0.193 e. The van der Waals surface area contributed by atoms with Gasteiger partial charge in [-0.15, -0.1) is 0 Å². The number of nitrogens with zero attached hydrogens (tertiary/aromatic N) is 1. The van der Waals surface area contributed by atoms with Gasteiger partial charge in [-0.25, -0.2) is 0 Å². The van der Waals surface area contributed by atoms with E-state index in [1.807, 2.05) is 6.20 Å². The lowest BCUT2D eigenvalue weighted by Gasteiger charge is -2.16. The Morgan fingerprint density at radius 2 is 1.84 bits per heavy atom. The van der Waals surface area contributed by atoms with Gasteiger partial charge in [-0.05, 0) is 17.7 Å². The van der Waals surface area contributed by atoms with Gasteiger partial charge in [0.15, 0.2) is 18.4 Å². The number of hydrogen-bond acceptors (Lipinski definition) is 0. The van der Waals surface area contributed by atoms with Crippen molar-refractivity contribution in [2.45, 2.75) is 13.0 Å². The monoisotopic (exact) mass is 247 g/mol. The zero-order chi connectivity index (χ0) is 12.7. The van der Waals surface area contributed by atoms with Crippen molar-refractivity contribution in [3.8, 4) is 11.1 Å². The Hall–Kier alpha value is -2.35. The third kappa shape index (κ3) is 1.68. The third-order valence-corrected chi connectivity index (χ3v) is 3.91. The van der Waals surface area contributed by atoms with Crippen LogP contribution in [0.2, 0.25) is 0 Å². The molecule has 3 heterocycles. The molecule has 2 heteroatoms. The average Bonchev–Trinajstić information content (AvgIpc) is 2.98. The van der Waals surface area contributed by atoms with Crippen molar-refractivity contribution in [3.63, 3.8) is 0 Å². The van der Waals surface area contributed by atoms with Crippen LogP contribution < -0.4 is 4.57 Å². The van der Waals surface area contributed by atoms with E-state index in [9.17, 15) is 0 Å². The van der Waals surface area contributed by atoms with Crippen LogP contribution in [0.5, 0.6) is 0 Å². The van der Waals surface area contributed by atoms with Crippen molar-refractivity contribution in [1.82, 2.24) is 4.98 Å². The molecule has 92 valence electrons. The summed E-state index contributed by atoms with van der Waals surface area (Å²) in [5.41, 5.74) is 6.89. The van der Waals surface area contributed by atoms with E-state index in [1.165, 1.54) is 27.9 Å². The maximum absolute atomic E-state index is 3.14. The van der Waals surface area contributed by atoms with E-state index in [0.717, 1.165) is 13.0 Å². The fraction of sp³-hybridized carbons (Fsp3) is 0.118. The van der Waals surface area contributed by atoms with Crippen LogP contribution >= 0.6 is 0 Å². The van der Waals surface area contributed by atoms with E-state index in [0.29, 0.717) is 0 Å². The predicted molar refractivity (Wildman–Crippen MR) is 74.8 cm³/mol. The Morgan fingerprint density at radius 1 is 0.947 bits per heavy atom. The van der Waals surface area contributed by atoms with Crippen molar-refractivity contribution in [2.24, 2.45) is 0 Å². The van der Waals surface area contributed by atoms with Gasteiger partial charge in [-0.1, -0.05) is 24.3 Å². The zero-order valence-electron chi connectivity index (χ0n) is 10.6. The van der Waals surface area contributed by atoms with Crippen LogP contribution in [0.15, 0.2) is 61.1 Å². The molecule has 3 aromatic rings. The smallest absolute Gasteiger partial charge is 0.193 e. The van der Waals surface area contributed by atoms with Gasteiger partial charge in [0.05, 0.1) is 12.0 Å². The molecule has 1 aliphatic rings. The van der Waals surface area contributed by atoms with Gasteiger partial charge in [0.1, 0.15) is 0 Å². The molecule has 1 N–H and O–H groups in total. The van der Waals surface area contributed by atoms with E-state index in [1.54, 1.807) is 0 Å². The lowest BCUT2D eigenvalue weighted by molar-refractivity contribution is -0.697. The van der Waals surface area contributed by atoms with E-state index >= 15 is 0 Å². The van der Waals surface area contributed by atoms with E-state index < -0.39 is 0 Å². The first-order chi connectivity index (χ1) is 9.42. The molecule has 0 aliphatic carbocycles. The second-order valence-corrected chi connectivity index (χ2v) is 5.04. The van der Waals surface area contributed by atoms with Crippen molar-refractivity contribution in [3.05, 3.63) is 77.9 Å². The molecule has 0 unspecified atom stereocenters. The summed E-state index contributed by atoms with van der Waals surface area (Å²) in [6.07, 6.45) is 7.24. The fourth-order valence-corrected chi connectivity index (χ4v) is 2.93. The van der Waals surface area contributed by atoms with Gasteiger partial charge in [-0.3, -0.25) is 0 Å². The highest BCUT2D eigenvalue weighted by atomic mass is 15.0. The minimum absolute atomic E-state index is 0.976. The molecule has 4 rings (SSSR count). The van der Waals surface area contributed by atoms with E-state index in [4.69, 9.17) is 0 Å². The third-order valence-electron chi connectivity index (χ3n) is 3.91. The second kappa shape index (κ2) is 4.09. The molecule has 0 saturated heterocycles. The number of nitrogens with one attached hydrogen (secondary N) is 1. The molecule has 0 atom stereocenters. The summed E-state index contributed by atoms with van der Waals surface area (Å²) in [5, 5.41) is 0. The molecule has 19 heavy (non-hydrogen) atoms.